The Morgan fingerprint density at radius 2 is 1.54 bits per heavy atom. The number of aromatic nitrogens is 2. The fourth-order valence-corrected chi connectivity index (χ4v) is 3.03. The lowest BCUT2D eigenvalue weighted by atomic mass is 10.0. The summed E-state index contributed by atoms with van der Waals surface area (Å²) in [6.45, 7) is 0. The van der Waals surface area contributed by atoms with Crippen LogP contribution in [0.3, 0.4) is 0 Å². The number of rotatable bonds is 5. The van der Waals surface area contributed by atoms with Crippen LogP contribution in [-0.2, 0) is 0 Å². The number of para-hydroxylation sites is 2. The number of aromatic amines is 1. The number of ether oxygens (including phenoxy) is 1. The second-order valence-corrected chi connectivity index (χ2v) is 6.31. The van der Waals surface area contributed by atoms with Gasteiger partial charge in [0.1, 0.15) is 23.4 Å². The van der Waals surface area contributed by atoms with Gasteiger partial charge in [0, 0.05) is 0 Å². The number of aliphatic hydroxyl groups excluding tert-OH is 1. The first-order valence-corrected chi connectivity index (χ1v) is 8.80. The molecule has 4 rings (SSSR count). The Hall–Kier alpha value is -3.77. The molecule has 0 amide bonds. The second kappa shape index (κ2) is 7.46. The fraction of sp³-hybridized carbons (Fsp3) is 0.0455. The first-order valence-electron chi connectivity index (χ1n) is 8.80. The van der Waals surface area contributed by atoms with Crippen molar-refractivity contribution < 1.29 is 9.84 Å². The van der Waals surface area contributed by atoms with Gasteiger partial charge in [0.25, 0.3) is 5.56 Å². The van der Waals surface area contributed by atoms with Gasteiger partial charge in [-0.05, 0) is 42.0 Å². The smallest absolute Gasteiger partial charge is 0.279 e. The van der Waals surface area contributed by atoms with Crippen molar-refractivity contribution in [1.82, 2.24) is 9.78 Å². The van der Waals surface area contributed by atoms with E-state index in [2.05, 4.69) is 5.10 Å². The molecule has 0 fully saturated rings. The number of nitrogens with one attached hydrogen (secondary N) is 1. The molecule has 0 unspecified atom stereocenters. The lowest BCUT2D eigenvalue weighted by Gasteiger charge is -2.12. The zero-order valence-corrected chi connectivity index (χ0v) is 14.9. The molecule has 0 saturated carbocycles. The van der Waals surface area contributed by atoms with Crippen LogP contribution in [0.1, 0.15) is 17.2 Å². The number of hydrogen-bond donors (Lipinski definition) is 3. The van der Waals surface area contributed by atoms with Gasteiger partial charge in [0.05, 0.1) is 11.3 Å². The van der Waals surface area contributed by atoms with Crippen molar-refractivity contribution in [1.29, 1.82) is 0 Å². The minimum absolute atomic E-state index is 0.0979. The van der Waals surface area contributed by atoms with Crippen molar-refractivity contribution in [2.45, 2.75) is 6.10 Å². The highest BCUT2D eigenvalue weighted by molar-refractivity contribution is 5.47. The molecule has 1 aromatic heterocycles. The molecule has 0 aliphatic rings. The predicted molar refractivity (Wildman–Crippen MR) is 108 cm³/mol. The van der Waals surface area contributed by atoms with Crippen LogP contribution in [-0.4, -0.2) is 14.9 Å². The topological polar surface area (TPSA) is 93.3 Å². The number of hydrogen-bond acceptors (Lipinski definition) is 4. The van der Waals surface area contributed by atoms with Crippen LogP contribution in [0.25, 0.3) is 5.69 Å². The zero-order valence-electron chi connectivity index (χ0n) is 14.9. The molecular formula is C22H19N3O3. The molecule has 6 heteroatoms. The van der Waals surface area contributed by atoms with Gasteiger partial charge in [0.2, 0.25) is 0 Å². The maximum Gasteiger partial charge on any atom is 0.279 e. The van der Waals surface area contributed by atoms with E-state index in [1.807, 2.05) is 48.5 Å². The molecule has 140 valence electrons. The number of nitrogens with zero attached hydrogens (tertiary/aromatic N) is 1. The third kappa shape index (κ3) is 3.41. The summed E-state index contributed by atoms with van der Waals surface area (Å²) < 4.78 is 7.12. The van der Waals surface area contributed by atoms with E-state index in [4.69, 9.17) is 10.5 Å². The highest BCUT2D eigenvalue weighted by Crippen LogP contribution is 2.28. The van der Waals surface area contributed by atoms with E-state index in [0.717, 1.165) is 0 Å². The van der Waals surface area contributed by atoms with E-state index in [1.54, 1.807) is 36.4 Å². The van der Waals surface area contributed by atoms with Crippen LogP contribution in [0.5, 0.6) is 11.5 Å². The number of H-pyrrole nitrogens is 1. The SMILES string of the molecule is Nc1[nH]n(-c2ccccc2)c(=O)c1[C@H](O)c1cccc(Oc2ccccc2)c1. The molecule has 3 aromatic carbocycles. The summed E-state index contributed by atoms with van der Waals surface area (Å²) in [5.74, 6) is 1.36. The van der Waals surface area contributed by atoms with Gasteiger partial charge in [0.15, 0.2) is 0 Å². The lowest BCUT2D eigenvalue weighted by Crippen LogP contribution is -2.20. The first kappa shape index (κ1) is 17.6. The lowest BCUT2D eigenvalue weighted by molar-refractivity contribution is 0.219. The Bertz CT molecular complexity index is 1130. The van der Waals surface area contributed by atoms with Crippen LogP contribution < -0.4 is 16.0 Å². The van der Waals surface area contributed by atoms with Crippen LogP contribution in [0.4, 0.5) is 5.82 Å². The normalized spacial score (nSPS) is 11.9. The van der Waals surface area contributed by atoms with Crippen molar-refractivity contribution in [2.75, 3.05) is 5.73 Å². The van der Waals surface area contributed by atoms with Crippen molar-refractivity contribution in [2.24, 2.45) is 0 Å². The molecule has 6 nitrogen and oxygen atoms in total. The highest BCUT2D eigenvalue weighted by atomic mass is 16.5. The van der Waals surface area contributed by atoms with Crippen molar-refractivity contribution in [3.8, 4) is 17.2 Å². The average molecular weight is 373 g/mol. The molecule has 4 N–H and O–H groups in total. The van der Waals surface area contributed by atoms with Crippen LogP contribution in [0.15, 0.2) is 89.7 Å². The number of aliphatic hydroxyl groups is 1. The largest absolute Gasteiger partial charge is 0.457 e. The molecule has 0 aliphatic carbocycles. The van der Waals surface area contributed by atoms with Gasteiger partial charge < -0.3 is 15.6 Å². The Morgan fingerprint density at radius 3 is 2.25 bits per heavy atom. The summed E-state index contributed by atoms with van der Waals surface area (Å²) in [6.07, 6.45) is -1.19. The monoisotopic (exact) mass is 373 g/mol. The minimum atomic E-state index is -1.19. The van der Waals surface area contributed by atoms with Gasteiger partial charge in [-0.3, -0.25) is 9.89 Å². The zero-order chi connectivity index (χ0) is 19.5. The summed E-state index contributed by atoms with van der Waals surface area (Å²) in [5.41, 5.74) is 6.86. The molecule has 0 saturated heterocycles. The predicted octanol–water partition coefficient (Wildman–Crippen LogP) is 3.62. The molecule has 0 aliphatic heterocycles. The maximum atomic E-state index is 12.8. The molecule has 0 bridgehead atoms. The highest BCUT2D eigenvalue weighted by Gasteiger charge is 2.22. The Morgan fingerprint density at radius 1 is 0.893 bits per heavy atom. The van der Waals surface area contributed by atoms with Gasteiger partial charge in [-0.15, -0.1) is 0 Å². The van der Waals surface area contributed by atoms with Crippen LogP contribution >= 0.6 is 0 Å². The standard InChI is InChI=1S/C22H19N3O3/c23-21-19(22(27)25(24-21)16-9-3-1-4-10-16)20(26)15-8-7-13-18(14-15)28-17-11-5-2-6-12-17/h1-14,20,24,26H,23H2/t20-/m1/s1. The fourth-order valence-electron chi connectivity index (χ4n) is 3.03. The van der Waals surface area contributed by atoms with Gasteiger partial charge in [-0.2, -0.15) is 0 Å². The van der Waals surface area contributed by atoms with Crippen molar-refractivity contribution in [3.05, 3.63) is 106 Å². The maximum absolute atomic E-state index is 12.8. The van der Waals surface area contributed by atoms with E-state index < -0.39 is 11.7 Å². The summed E-state index contributed by atoms with van der Waals surface area (Å²) >= 11 is 0. The van der Waals surface area contributed by atoms with Crippen molar-refractivity contribution in [3.63, 3.8) is 0 Å². The third-order valence-corrected chi connectivity index (χ3v) is 4.40. The number of anilines is 1. The Labute approximate surface area is 161 Å². The average Bonchev–Trinajstić information content (AvgIpc) is 3.03. The first-order chi connectivity index (χ1) is 13.6. The number of nitrogen functional groups attached to an aromatic ring is 1. The Balaban J connectivity index is 1.67. The van der Waals surface area contributed by atoms with E-state index >= 15 is 0 Å². The van der Waals surface area contributed by atoms with Gasteiger partial charge in [-0.25, -0.2) is 4.68 Å². The van der Waals surface area contributed by atoms with Crippen molar-refractivity contribution >= 4 is 5.82 Å². The van der Waals surface area contributed by atoms with Crippen LogP contribution in [0.2, 0.25) is 0 Å². The molecule has 0 spiro atoms. The van der Waals surface area contributed by atoms with E-state index in [0.29, 0.717) is 22.7 Å². The molecule has 4 aromatic rings. The van der Waals surface area contributed by atoms with Crippen LogP contribution in [0, 0.1) is 0 Å². The summed E-state index contributed by atoms with van der Waals surface area (Å²) in [6, 6.07) is 25.3. The molecule has 1 heterocycles. The molecule has 0 radical (unpaired) electrons. The summed E-state index contributed by atoms with van der Waals surface area (Å²) in [5, 5.41) is 13.7. The summed E-state index contributed by atoms with van der Waals surface area (Å²) in [4.78, 5) is 12.8. The quantitative estimate of drug-likeness (QED) is 0.498. The Kier molecular flexibility index (Phi) is 4.70. The molecular weight excluding hydrogens is 354 g/mol. The van der Waals surface area contributed by atoms with E-state index in [9.17, 15) is 9.90 Å². The van der Waals surface area contributed by atoms with E-state index in [1.165, 1.54) is 4.68 Å². The molecule has 28 heavy (non-hydrogen) atoms. The van der Waals surface area contributed by atoms with Gasteiger partial charge in [-0.1, -0.05) is 48.5 Å². The number of benzene rings is 3. The molecule has 1 atom stereocenters. The van der Waals surface area contributed by atoms with Gasteiger partial charge >= 0.3 is 0 Å². The van der Waals surface area contributed by atoms with E-state index in [-0.39, 0.29) is 11.4 Å². The number of nitrogens with two attached hydrogens (primary N) is 1. The summed E-state index contributed by atoms with van der Waals surface area (Å²) in [7, 11) is 0. The third-order valence-electron chi connectivity index (χ3n) is 4.40. The minimum Gasteiger partial charge on any atom is -0.457 e. The second-order valence-electron chi connectivity index (χ2n) is 6.31.